The Morgan fingerprint density at radius 2 is 1.83 bits per heavy atom. The van der Waals surface area contributed by atoms with Crippen LogP contribution < -0.4 is 9.46 Å². The van der Waals surface area contributed by atoms with Gasteiger partial charge < -0.3 is 9.47 Å². The molecule has 0 bridgehead atoms. The van der Waals surface area contributed by atoms with Gasteiger partial charge in [0.05, 0.1) is 34.8 Å². The van der Waals surface area contributed by atoms with Crippen molar-refractivity contribution in [3.05, 3.63) is 64.3 Å². The molecule has 1 saturated heterocycles. The number of aryl methyl sites for hydroxylation is 1. The second-order valence-corrected chi connectivity index (χ2v) is 10.7. The van der Waals surface area contributed by atoms with E-state index in [1.54, 1.807) is 24.3 Å². The molecule has 8 nitrogen and oxygen atoms in total. The van der Waals surface area contributed by atoms with Crippen molar-refractivity contribution in [2.45, 2.75) is 30.8 Å². The van der Waals surface area contributed by atoms with Gasteiger partial charge in [0.1, 0.15) is 11.0 Å². The molecule has 11 heteroatoms. The molecule has 0 radical (unpaired) electrons. The van der Waals surface area contributed by atoms with Crippen LogP contribution in [0.15, 0.2) is 53.4 Å². The lowest BCUT2D eigenvalue weighted by Crippen LogP contribution is -2.26. The number of nitrogens with zero attached hydrogens (tertiary/aromatic N) is 2. The molecule has 0 amide bonds. The first-order chi connectivity index (χ1) is 16.8. The molecule has 2 N–H and O–H groups in total. The fourth-order valence-corrected chi connectivity index (χ4v) is 5.76. The van der Waals surface area contributed by atoms with Crippen molar-refractivity contribution in [1.82, 2.24) is 15.2 Å². The summed E-state index contributed by atoms with van der Waals surface area (Å²) in [5.41, 5.74) is 3.45. The summed E-state index contributed by atoms with van der Waals surface area (Å²) in [4.78, 5) is 4.69. The standard InChI is InChI=1S/C24H22Cl2N4O4S/c1-14-23-21(29-28-14)13-20(27-24(23)34-18-8-10-33-11-9-18)15-2-5-17(6-3-15)30-35(31,32)22-12-16(25)4-7-19(22)26/h2-7,12-13,18,30H,8-11H2,1H3,(H,28,29). The van der Waals surface area contributed by atoms with Gasteiger partial charge in [-0.1, -0.05) is 35.3 Å². The molecule has 2 aromatic heterocycles. The molecule has 0 saturated carbocycles. The summed E-state index contributed by atoms with van der Waals surface area (Å²) in [7, 11) is -3.92. The van der Waals surface area contributed by atoms with Gasteiger partial charge in [0.15, 0.2) is 0 Å². The van der Waals surface area contributed by atoms with Crippen LogP contribution in [0.25, 0.3) is 22.2 Å². The average molecular weight is 533 g/mol. The van der Waals surface area contributed by atoms with Crippen molar-refractivity contribution in [3.8, 4) is 17.1 Å². The lowest BCUT2D eigenvalue weighted by atomic mass is 10.1. The van der Waals surface area contributed by atoms with Gasteiger partial charge in [0, 0.05) is 34.8 Å². The topological polar surface area (TPSA) is 106 Å². The number of fused-ring (bicyclic) bond motifs is 1. The van der Waals surface area contributed by atoms with E-state index in [0.717, 1.165) is 35.0 Å². The van der Waals surface area contributed by atoms with Crippen LogP contribution in [0.4, 0.5) is 5.69 Å². The number of pyridine rings is 1. The minimum atomic E-state index is -3.92. The van der Waals surface area contributed by atoms with Crippen molar-refractivity contribution >= 4 is 49.8 Å². The molecule has 1 aliphatic rings. The highest BCUT2D eigenvalue weighted by atomic mass is 35.5. The Kier molecular flexibility index (Phi) is 6.59. The quantitative estimate of drug-likeness (QED) is 0.334. The molecule has 2 aromatic carbocycles. The van der Waals surface area contributed by atoms with Crippen LogP contribution in [-0.2, 0) is 14.8 Å². The Balaban J connectivity index is 1.43. The number of halogens is 2. The highest BCUT2D eigenvalue weighted by molar-refractivity contribution is 7.92. The van der Waals surface area contributed by atoms with E-state index in [4.69, 9.17) is 37.7 Å². The van der Waals surface area contributed by atoms with Crippen molar-refractivity contribution in [2.24, 2.45) is 0 Å². The molecule has 5 rings (SSSR count). The number of ether oxygens (including phenoxy) is 2. The molecule has 0 spiro atoms. The monoisotopic (exact) mass is 532 g/mol. The van der Waals surface area contributed by atoms with Gasteiger partial charge in [0.25, 0.3) is 10.0 Å². The molecular formula is C24H22Cl2N4O4S. The SMILES string of the molecule is Cc1[nH]nc2cc(-c3ccc(NS(=O)(=O)c4cc(Cl)ccc4Cl)cc3)nc(OC3CCOCC3)c12. The molecule has 0 atom stereocenters. The second-order valence-electron chi connectivity index (χ2n) is 8.24. The Labute approximate surface area is 212 Å². The van der Waals surface area contributed by atoms with Crippen LogP contribution in [0, 0.1) is 6.92 Å². The number of rotatable bonds is 6. The Morgan fingerprint density at radius 1 is 1.09 bits per heavy atom. The molecule has 4 aromatic rings. The number of nitrogens with one attached hydrogen (secondary N) is 2. The summed E-state index contributed by atoms with van der Waals surface area (Å²) >= 11 is 12.0. The van der Waals surface area contributed by atoms with Gasteiger partial charge in [-0.25, -0.2) is 13.4 Å². The van der Waals surface area contributed by atoms with Gasteiger partial charge >= 0.3 is 0 Å². The maximum absolute atomic E-state index is 12.8. The van der Waals surface area contributed by atoms with E-state index in [1.807, 2.05) is 13.0 Å². The summed E-state index contributed by atoms with van der Waals surface area (Å²) in [6, 6.07) is 13.0. The summed E-state index contributed by atoms with van der Waals surface area (Å²) < 4.78 is 39.8. The van der Waals surface area contributed by atoms with E-state index in [0.29, 0.717) is 30.5 Å². The van der Waals surface area contributed by atoms with E-state index in [-0.39, 0.29) is 21.0 Å². The highest BCUT2D eigenvalue weighted by Gasteiger charge is 2.21. The van der Waals surface area contributed by atoms with Crippen LogP contribution in [-0.4, -0.2) is 42.9 Å². The van der Waals surface area contributed by atoms with Crippen LogP contribution in [0.1, 0.15) is 18.5 Å². The molecule has 182 valence electrons. The summed E-state index contributed by atoms with van der Waals surface area (Å²) in [6.45, 7) is 3.26. The van der Waals surface area contributed by atoms with E-state index in [2.05, 4.69) is 14.9 Å². The smallest absolute Gasteiger partial charge is 0.263 e. The fraction of sp³-hybridized carbons (Fsp3) is 0.250. The van der Waals surface area contributed by atoms with Crippen LogP contribution in [0.2, 0.25) is 10.0 Å². The second kappa shape index (κ2) is 9.66. The van der Waals surface area contributed by atoms with Crippen molar-refractivity contribution in [2.75, 3.05) is 17.9 Å². The maximum atomic E-state index is 12.8. The van der Waals surface area contributed by atoms with Crippen molar-refractivity contribution < 1.29 is 17.9 Å². The normalized spacial score (nSPS) is 14.8. The van der Waals surface area contributed by atoms with Crippen molar-refractivity contribution in [3.63, 3.8) is 0 Å². The first-order valence-corrected chi connectivity index (χ1v) is 13.2. The van der Waals surface area contributed by atoms with E-state index in [1.165, 1.54) is 18.2 Å². The number of benzene rings is 2. The first kappa shape index (κ1) is 23.9. The number of aromatic amines is 1. The first-order valence-electron chi connectivity index (χ1n) is 11.0. The van der Waals surface area contributed by atoms with E-state index in [9.17, 15) is 8.42 Å². The third-order valence-electron chi connectivity index (χ3n) is 5.75. The van der Waals surface area contributed by atoms with Gasteiger partial charge in [-0.05, 0) is 43.3 Å². The third-order valence-corrected chi connectivity index (χ3v) is 7.84. The molecule has 0 unspecified atom stereocenters. The zero-order valence-corrected chi connectivity index (χ0v) is 21.0. The fourth-order valence-electron chi connectivity index (χ4n) is 3.94. The number of hydrogen-bond donors (Lipinski definition) is 2. The molecular weight excluding hydrogens is 511 g/mol. The number of hydrogen-bond acceptors (Lipinski definition) is 6. The van der Waals surface area contributed by atoms with Crippen molar-refractivity contribution in [1.29, 1.82) is 0 Å². The molecule has 0 aliphatic carbocycles. The minimum Gasteiger partial charge on any atom is -0.474 e. The predicted octanol–water partition coefficient (Wildman–Crippen LogP) is 5.60. The summed E-state index contributed by atoms with van der Waals surface area (Å²) in [5, 5.41) is 8.60. The Hall–Kier alpha value is -2.85. The maximum Gasteiger partial charge on any atom is 0.263 e. The Bertz CT molecular complexity index is 1480. The average Bonchev–Trinajstić information content (AvgIpc) is 3.22. The lowest BCUT2D eigenvalue weighted by molar-refractivity contribution is 0.0244. The summed E-state index contributed by atoms with van der Waals surface area (Å²) in [6.07, 6.45) is 1.63. The number of aromatic nitrogens is 3. The minimum absolute atomic E-state index is 0.0269. The zero-order chi connectivity index (χ0) is 24.6. The van der Waals surface area contributed by atoms with Gasteiger partial charge in [-0.15, -0.1) is 0 Å². The Morgan fingerprint density at radius 3 is 2.57 bits per heavy atom. The van der Waals surface area contributed by atoms with Gasteiger partial charge in [0.2, 0.25) is 5.88 Å². The molecule has 1 fully saturated rings. The largest absolute Gasteiger partial charge is 0.474 e. The van der Waals surface area contributed by atoms with Crippen LogP contribution >= 0.6 is 23.2 Å². The van der Waals surface area contributed by atoms with E-state index >= 15 is 0 Å². The number of anilines is 1. The predicted molar refractivity (Wildman–Crippen MR) is 136 cm³/mol. The highest BCUT2D eigenvalue weighted by Crippen LogP contribution is 2.33. The lowest BCUT2D eigenvalue weighted by Gasteiger charge is -2.23. The number of H-pyrrole nitrogens is 1. The third kappa shape index (κ3) is 5.08. The van der Waals surface area contributed by atoms with Crippen LogP contribution in [0.5, 0.6) is 5.88 Å². The zero-order valence-electron chi connectivity index (χ0n) is 18.7. The van der Waals surface area contributed by atoms with E-state index < -0.39 is 10.0 Å². The number of sulfonamides is 1. The summed E-state index contributed by atoms with van der Waals surface area (Å²) in [5.74, 6) is 0.524. The van der Waals surface area contributed by atoms with Crippen LogP contribution in [0.3, 0.4) is 0 Å². The molecule has 3 heterocycles. The molecule has 35 heavy (non-hydrogen) atoms. The van der Waals surface area contributed by atoms with Gasteiger partial charge in [-0.3, -0.25) is 9.82 Å². The molecule has 1 aliphatic heterocycles. The van der Waals surface area contributed by atoms with Gasteiger partial charge in [-0.2, -0.15) is 5.10 Å².